The number of ether oxygens (including phenoxy) is 1. The molecular weight excluding hydrogens is 320 g/mol. The first kappa shape index (κ1) is 16.9. The van der Waals surface area contributed by atoms with Gasteiger partial charge in [0, 0.05) is 31.2 Å². The van der Waals surface area contributed by atoms with E-state index in [-0.39, 0.29) is 18.5 Å². The van der Waals surface area contributed by atoms with Crippen molar-refractivity contribution >= 4 is 23.3 Å². The number of hydrogen-bond donors (Lipinski definition) is 2. The van der Waals surface area contributed by atoms with Crippen molar-refractivity contribution in [3.63, 3.8) is 0 Å². The fourth-order valence-corrected chi connectivity index (χ4v) is 2.79. The van der Waals surface area contributed by atoms with Crippen LogP contribution in [-0.4, -0.2) is 37.2 Å². The summed E-state index contributed by atoms with van der Waals surface area (Å²) in [5.74, 6) is -0.0601. The number of hydrogen-bond acceptors (Lipinski definition) is 4. The molecule has 25 heavy (non-hydrogen) atoms. The van der Waals surface area contributed by atoms with Crippen LogP contribution >= 0.6 is 0 Å². The number of pyridine rings is 1. The summed E-state index contributed by atoms with van der Waals surface area (Å²) in [7, 11) is 1.51. The lowest BCUT2D eigenvalue weighted by Gasteiger charge is -2.17. The first-order chi connectivity index (χ1) is 12.2. The van der Waals surface area contributed by atoms with E-state index in [0.717, 1.165) is 23.4 Å². The molecule has 2 N–H and O–H groups in total. The molecule has 0 spiro atoms. The summed E-state index contributed by atoms with van der Waals surface area (Å²) in [6.07, 6.45) is 2.45. The van der Waals surface area contributed by atoms with Crippen LogP contribution in [0.5, 0.6) is 0 Å². The van der Waals surface area contributed by atoms with E-state index in [2.05, 4.69) is 15.6 Å². The molecule has 0 unspecified atom stereocenters. The van der Waals surface area contributed by atoms with E-state index in [0.29, 0.717) is 18.8 Å². The third kappa shape index (κ3) is 4.13. The lowest BCUT2D eigenvalue weighted by Crippen LogP contribution is -2.32. The molecule has 7 nitrogen and oxygen atoms in total. The van der Waals surface area contributed by atoms with Crippen LogP contribution in [0.4, 0.5) is 16.2 Å². The summed E-state index contributed by atoms with van der Waals surface area (Å²) >= 11 is 0. The number of carbonyl (C=O) groups is 2. The Labute approximate surface area is 146 Å². The minimum Gasteiger partial charge on any atom is -0.375 e. The Balaban J connectivity index is 1.59. The Morgan fingerprint density at radius 3 is 2.92 bits per heavy atom. The quantitative estimate of drug-likeness (QED) is 0.871. The van der Waals surface area contributed by atoms with E-state index >= 15 is 0 Å². The molecule has 0 saturated heterocycles. The molecule has 0 aliphatic carbocycles. The Bertz CT molecular complexity index is 764. The van der Waals surface area contributed by atoms with Crippen molar-refractivity contribution in [1.29, 1.82) is 0 Å². The second kappa shape index (κ2) is 7.76. The summed E-state index contributed by atoms with van der Waals surface area (Å²) in [5.41, 5.74) is 3.39. The first-order valence-corrected chi connectivity index (χ1v) is 8.04. The predicted molar refractivity (Wildman–Crippen MR) is 94.5 cm³/mol. The number of amides is 3. The molecule has 2 heterocycles. The minimum absolute atomic E-state index is 0.0601. The van der Waals surface area contributed by atoms with Gasteiger partial charge in [-0.2, -0.15) is 0 Å². The van der Waals surface area contributed by atoms with Crippen LogP contribution in [0.1, 0.15) is 11.3 Å². The van der Waals surface area contributed by atoms with Crippen LogP contribution in [0.15, 0.2) is 42.6 Å². The number of rotatable bonds is 5. The summed E-state index contributed by atoms with van der Waals surface area (Å²) in [5, 5.41) is 5.57. The number of nitrogens with zero attached hydrogens (tertiary/aromatic N) is 2. The zero-order chi connectivity index (χ0) is 17.6. The minimum atomic E-state index is -0.295. The van der Waals surface area contributed by atoms with Gasteiger partial charge in [-0.3, -0.25) is 9.78 Å². The normalized spacial score (nSPS) is 12.6. The zero-order valence-electron chi connectivity index (χ0n) is 14.0. The summed E-state index contributed by atoms with van der Waals surface area (Å²) in [6, 6.07) is 10.8. The SMILES string of the molecule is COCC(=O)N1CCc2cc(NC(=O)NCc3ccccn3)ccc21. The molecule has 0 bridgehead atoms. The molecule has 1 aromatic heterocycles. The third-order valence-electron chi connectivity index (χ3n) is 3.96. The Morgan fingerprint density at radius 1 is 1.28 bits per heavy atom. The number of aromatic nitrogens is 1. The molecule has 0 radical (unpaired) electrons. The molecule has 1 aromatic carbocycles. The van der Waals surface area contributed by atoms with E-state index in [1.807, 2.05) is 30.3 Å². The van der Waals surface area contributed by atoms with E-state index in [1.165, 1.54) is 7.11 Å². The molecule has 3 rings (SSSR count). The maximum absolute atomic E-state index is 12.0. The average molecular weight is 340 g/mol. The Morgan fingerprint density at radius 2 is 2.16 bits per heavy atom. The standard InChI is InChI=1S/C18H20N4O3/c1-25-12-17(23)22-9-7-13-10-14(5-6-16(13)22)21-18(24)20-11-15-4-2-3-8-19-15/h2-6,8,10H,7,9,11-12H2,1H3,(H2,20,21,24). The number of fused-ring (bicyclic) bond motifs is 1. The smallest absolute Gasteiger partial charge is 0.319 e. The second-order valence-corrected chi connectivity index (χ2v) is 5.70. The van der Waals surface area contributed by atoms with Gasteiger partial charge < -0.3 is 20.3 Å². The van der Waals surface area contributed by atoms with Gasteiger partial charge in [0.25, 0.3) is 5.91 Å². The summed E-state index contributed by atoms with van der Waals surface area (Å²) in [4.78, 5) is 29.9. The van der Waals surface area contributed by atoms with Crippen molar-refractivity contribution in [2.75, 3.05) is 30.5 Å². The summed E-state index contributed by atoms with van der Waals surface area (Å²) < 4.78 is 4.91. The lowest BCUT2D eigenvalue weighted by molar-refractivity contribution is -0.122. The van der Waals surface area contributed by atoms with E-state index in [9.17, 15) is 9.59 Å². The maximum atomic E-state index is 12.0. The number of urea groups is 1. The highest BCUT2D eigenvalue weighted by Crippen LogP contribution is 2.30. The molecule has 0 saturated carbocycles. The first-order valence-electron chi connectivity index (χ1n) is 8.04. The second-order valence-electron chi connectivity index (χ2n) is 5.70. The monoisotopic (exact) mass is 340 g/mol. The van der Waals surface area contributed by atoms with Crippen molar-refractivity contribution in [2.45, 2.75) is 13.0 Å². The Hall–Kier alpha value is -2.93. The van der Waals surface area contributed by atoms with Crippen LogP contribution in [0.2, 0.25) is 0 Å². The van der Waals surface area contributed by atoms with E-state index < -0.39 is 0 Å². The highest BCUT2D eigenvalue weighted by atomic mass is 16.5. The number of benzene rings is 1. The summed E-state index contributed by atoms with van der Waals surface area (Å²) in [6.45, 7) is 1.05. The van der Waals surface area contributed by atoms with Crippen LogP contribution in [-0.2, 0) is 22.5 Å². The van der Waals surface area contributed by atoms with Gasteiger partial charge in [-0.1, -0.05) is 6.07 Å². The molecule has 3 amide bonds. The molecule has 1 aliphatic rings. The topological polar surface area (TPSA) is 83.6 Å². The fraction of sp³-hybridized carbons (Fsp3) is 0.278. The highest BCUT2D eigenvalue weighted by Gasteiger charge is 2.24. The van der Waals surface area contributed by atoms with Gasteiger partial charge in [0.05, 0.1) is 12.2 Å². The van der Waals surface area contributed by atoms with Crippen molar-refractivity contribution in [2.24, 2.45) is 0 Å². The van der Waals surface area contributed by atoms with E-state index in [1.54, 1.807) is 17.2 Å². The van der Waals surface area contributed by atoms with Crippen molar-refractivity contribution in [1.82, 2.24) is 10.3 Å². The molecule has 0 atom stereocenters. The van der Waals surface area contributed by atoms with Gasteiger partial charge in [0.2, 0.25) is 0 Å². The molecule has 2 aromatic rings. The highest BCUT2D eigenvalue weighted by molar-refractivity contribution is 5.97. The van der Waals surface area contributed by atoms with Crippen LogP contribution in [0.25, 0.3) is 0 Å². The van der Waals surface area contributed by atoms with Gasteiger partial charge >= 0.3 is 6.03 Å². The molecular formula is C18H20N4O3. The fourth-order valence-electron chi connectivity index (χ4n) is 2.79. The van der Waals surface area contributed by atoms with Gasteiger partial charge in [0.1, 0.15) is 6.61 Å². The predicted octanol–water partition coefficient (Wildman–Crippen LogP) is 1.94. The van der Waals surface area contributed by atoms with Crippen LogP contribution in [0.3, 0.4) is 0 Å². The van der Waals surface area contributed by atoms with Crippen LogP contribution in [0, 0.1) is 0 Å². The van der Waals surface area contributed by atoms with Gasteiger partial charge in [-0.05, 0) is 42.3 Å². The van der Waals surface area contributed by atoms with Crippen molar-refractivity contribution in [3.8, 4) is 0 Å². The van der Waals surface area contributed by atoms with Crippen molar-refractivity contribution in [3.05, 3.63) is 53.9 Å². The number of methoxy groups -OCH3 is 1. The zero-order valence-corrected chi connectivity index (χ0v) is 14.0. The average Bonchev–Trinajstić information content (AvgIpc) is 3.04. The molecule has 1 aliphatic heterocycles. The van der Waals surface area contributed by atoms with Crippen molar-refractivity contribution < 1.29 is 14.3 Å². The largest absolute Gasteiger partial charge is 0.375 e. The number of carbonyl (C=O) groups excluding carboxylic acids is 2. The van der Waals surface area contributed by atoms with Gasteiger partial charge in [0.15, 0.2) is 0 Å². The molecule has 0 fully saturated rings. The van der Waals surface area contributed by atoms with Gasteiger partial charge in [-0.25, -0.2) is 4.79 Å². The molecule has 7 heteroatoms. The lowest BCUT2D eigenvalue weighted by atomic mass is 10.1. The number of anilines is 2. The van der Waals surface area contributed by atoms with Crippen LogP contribution < -0.4 is 15.5 Å². The maximum Gasteiger partial charge on any atom is 0.319 e. The number of nitrogens with one attached hydrogen (secondary N) is 2. The molecule has 130 valence electrons. The van der Waals surface area contributed by atoms with Gasteiger partial charge in [-0.15, -0.1) is 0 Å². The third-order valence-corrected chi connectivity index (χ3v) is 3.96. The van der Waals surface area contributed by atoms with E-state index in [4.69, 9.17) is 4.74 Å². The Kier molecular flexibility index (Phi) is 5.25.